The predicted molar refractivity (Wildman–Crippen MR) is 103 cm³/mol. The van der Waals surface area contributed by atoms with Crippen LogP contribution in [0.2, 0.25) is 0 Å². The SMILES string of the molecule is CCCCNC(=O)c1cn(CCCC)c(=O)c2cc(OC)c(OC)cc12. The molecule has 2 aromatic rings. The van der Waals surface area contributed by atoms with Crippen molar-refractivity contribution in [2.24, 2.45) is 0 Å². The first-order chi connectivity index (χ1) is 12.6. The normalized spacial score (nSPS) is 10.8. The van der Waals surface area contributed by atoms with Gasteiger partial charge in [0.25, 0.3) is 11.5 Å². The number of nitrogens with one attached hydrogen (secondary N) is 1. The summed E-state index contributed by atoms with van der Waals surface area (Å²) < 4.78 is 12.3. The molecule has 0 saturated heterocycles. The monoisotopic (exact) mass is 360 g/mol. The van der Waals surface area contributed by atoms with Gasteiger partial charge in [0.2, 0.25) is 0 Å². The first kappa shape index (κ1) is 19.8. The number of methoxy groups -OCH3 is 2. The summed E-state index contributed by atoms with van der Waals surface area (Å²) >= 11 is 0. The molecule has 0 unspecified atom stereocenters. The van der Waals surface area contributed by atoms with Crippen molar-refractivity contribution < 1.29 is 14.3 Å². The summed E-state index contributed by atoms with van der Waals surface area (Å²) in [6.45, 7) is 5.33. The summed E-state index contributed by atoms with van der Waals surface area (Å²) in [7, 11) is 3.06. The van der Waals surface area contributed by atoms with Gasteiger partial charge in [-0.1, -0.05) is 26.7 Å². The molecule has 0 fully saturated rings. The van der Waals surface area contributed by atoms with Gasteiger partial charge in [-0.25, -0.2) is 0 Å². The summed E-state index contributed by atoms with van der Waals surface area (Å²) in [4.78, 5) is 25.6. The molecule has 0 aliphatic carbocycles. The van der Waals surface area contributed by atoms with E-state index in [0.717, 1.165) is 25.7 Å². The Labute approximate surface area is 154 Å². The Kier molecular flexibility index (Phi) is 7.06. The highest BCUT2D eigenvalue weighted by molar-refractivity contribution is 6.07. The zero-order chi connectivity index (χ0) is 19.1. The van der Waals surface area contributed by atoms with Crippen LogP contribution in [0.1, 0.15) is 49.9 Å². The Bertz CT molecular complexity index is 827. The van der Waals surface area contributed by atoms with Crippen LogP contribution in [0.3, 0.4) is 0 Å². The first-order valence-electron chi connectivity index (χ1n) is 9.14. The van der Waals surface area contributed by atoms with Crippen molar-refractivity contribution in [3.8, 4) is 11.5 Å². The average Bonchev–Trinajstić information content (AvgIpc) is 2.66. The van der Waals surface area contributed by atoms with E-state index < -0.39 is 0 Å². The summed E-state index contributed by atoms with van der Waals surface area (Å²) in [5, 5.41) is 3.97. The van der Waals surface area contributed by atoms with Crippen LogP contribution in [0.4, 0.5) is 0 Å². The van der Waals surface area contributed by atoms with Gasteiger partial charge in [0.1, 0.15) is 0 Å². The second-order valence-corrected chi connectivity index (χ2v) is 6.26. The number of ether oxygens (including phenoxy) is 2. The number of amides is 1. The van der Waals surface area contributed by atoms with E-state index in [0.29, 0.717) is 40.9 Å². The summed E-state index contributed by atoms with van der Waals surface area (Å²) in [5.41, 5.74) is 0.354. The van der Waals surface area contributed by atoms with Gasteiger partial charge in [-0.3, -0.25) is 9.59 Å². The molecule has 0 atom stereocenters. The fraction of sp³-hybridized carbons (Fsp3) is 0.500. The largest absolute Gasteiger partial charge is 0.493 e. The number of nitrogens with zero attached hydrogens (tertiary/aromatic N) is 1. The lowest BCUT2D eigenvalue weighted by molar-refractivity contribution is 0.0954. The number of carbonyl (C=O) groups is 1. The number of benzene rings is 1. The summed E-state index contributed by atoms with van der Waals surface area (Å²) in [6, 6.07) is 3.36. The van der Waals surface area contributed by atoms with Crippen molar-refractivity contribution >= 4 is 16.7 Å². The maximum atomic E-state index is 12.9. The molecule has 26 heavy (non-hydrogen) atoms. The van der Waals surface area contributed by atoms with Crippen LogP contribution in [0.5, 0.6) is 11.5 Å². The highest BCUT2D eigenvalue weighted by Gasteiger charge is 2.18. The lowest BCUT2D eigenvalue weighted by Gasteiger charge is -2.15. The number of fused-ring (bicyclic) bond motifs is 1. The fourth-order valence-corrected chi connectivity index (χ4v) is 2.87. The molecule has 1 heterocycles. The van der Waals surface area contributed by atoms with E-state index in [9.17, 15) is 9.59 Å². The zero-order valence-corrected chi connectivity index (χ0v) is 16.1. The Morgan fingerprint density at radius 1 is 1.04 bits per heavy atom. The molecular formula is C20H28N2O4. The lowest BCUT2D eigenvalue weighted by atomic mass is 10.1. The number of carbonyl (C=O) groups excluding carboxylic acids is 1. The molecule has 6 nitrogen and oxygen atoms in total. The second kappa shape index (κ2) is 9.27. The number of aromatic nitrogens is 1. The van der Waals surface area contributed by atoms with Gasteiger partial charge in [-0.05, 0) is 25.0 Å². The highest BCUT2D eigenvalue weighted by atomic mass is 16.5. The van der Waals surface area contributed by atoms with E-state index in [1.165, 1.54) is 14.2 Å². The molecule has 2 rings (SSSR count). The molecule has 0 radical (unpaired) electrons. The fourth-order valence-electron chi connectivity index (χ4n) is 2.87. The van der Waals surface area contributed by atoms with Crippen LogP contribution in [-0.4, -0.2) is 31.2 Å². The number of hydrogen-bond donors (Lipinski definition) is 1. The topological polar surface area (TPSA) is 69.6 Å². The maximum Gasteiger partial charge on any atom is 0.258 e. The molecule has 0 aliphatic rings. The van der Waals surface area contributed by atoms with Crippen molar-refractivity contribution in [1.29, 1.82) is 0 Å². The third-order valence-corrected chi connectivity index (χ3v) is 4.40. The third kappa shape index (κ3) is 4.18. The van der Waals surface area contributed by atoms with E-state index in [4.69, 9.17) is 9.47 Å². The molecular weight excluding hydrogens is 332 g/mol. The van der Waals surface area contributed by atoms with Crippen LogP contribution in [0.25, 0.3) is 10.8 Å². The minimum Gasteiger partial charge on any atom is -0.493 e. The van der Waals surface area contributed by atoms with E-state index >= 15 is 0 Å². The quantitative estimate of drug-likeness (QED) is 0.696. The van der Waals surface area contributed by atoms with E-state index in [2.05, 4.69) is 19.2 Å². The minimum atomic E-state index is -0.180. The Morgan fingerprint density at radius 3 is 2.23 bits per heavy atom. The molecule has 142 valence electrons. The Morgan fingerprint density at radius 2 is 1.65 bits per heavy atom. The Hall–Kier alpha value is -2.50. The van der Waals surface area contributed by atoms with Crippen LogP contribution in [0, 0.1) is 0 Å². The van der Waals surface area contributed by atoms with Gasteiger partial charge in [-0.2, -0.15) is 0 Å². The first-order valence-corrected chi connectivity index (χ1v) is 9.14. The Balaban J connectivity index is 2.64. The van der Waals surface area contributed by atoms with E-state index in [-0.39, 0.29) is 11.5 Å². The van der Waals surface area contributed by atoms with Gasteiger partial charge in [0.05, 0.1) is 25.2 Å². The van der Waals surface area contributed by atoms with Gasteiger partial charge in [0.15, 0.2) is 11.5 Å². The van der Waals surface area contributed by atoms with Gasteiger partial charge in [0, 0.05) is 24.7 Å². The third-order valence-electron chi connectivity index (χ3n) is 4.40. The number of hydrogen-bond acceptors (Lipinski definition) is 4. The molecule has 0 aliphatic heterocycles. The van der Waals surface area contributed by atoms with Crippen LogP contribution in [0.15, 0.2) is 23.1 Å². The molecule has 1 amide bonds. The number of unbranched alkanes of at least 4 members (excludes halogenated alkanes) is 2. The highest BCUT2D eigenvalue weighted by Crippen LogP contribution is 2.32. The zero-order valence-electron chi connectivity index (χ0n) is 16.1. The van der Waals surface area contributed by atoms with Crippen LogP contribution < -0.4 is 20.3 Å². The number of aryl methyl sites for hydroxylation is 1. The summed E-state index contributed by atoms with van der Waals surface area (Å²) in [6.07, 6.45) is 5.41. The number of rotatable bonds is 9. The molecule has 0 bridgehead atoms. The molecule has 0 saturated carbocycles. The lowest BCUT2D eigenvalue weighted by Crippen LogP contribution is -2.28. The van der Waals surface area contributed by atoms with Gasteiger partial charge < -0.3 is 19.4 Å². The van der Waals surface area contributed by atoms with Crippen molar-refractivity contribution in [3.63, 3.8) is 0 Å². The summed E-state index contributed by atoms with van der Waals surface area (Å²) in [5.74, 6) is 0.789. The predicted octanol–water partition coefficient (Wildman–Crippen LogP) is 3.35. The smallest absolute Gasteiger partial charge is 0.258 e. The van der Waals surface area contributed by atoms with E-state index in [1.54, 1.807) is 22.9 Å². The van der Waals surface area contributed by atoms with Crippen molar-refractivity contribution in [2.45, 2.75) is 46.1 Å². The molecule has 0 spiro atoms. The van der Waals surface area contributed by atoms with E-state index in [1.807, 2.05) is 0 Å². The van der Waals surface area contributed by atoms with Crippen molar-refractivity contribution in [1.82, 2.24) is 9.88 Å². The minimum absolute atomic E-state index is 0.125. The maximum absolute atomic E-state index is 12.9. The second-order valence-electron chi connectivity index (χ2n) is 6.26. The molecule has 1 aromatic carbocycles. The van der Waals surface area contributed by atoms with Gasteiger partial charge in [-0.15, -0.1) is 0 Å². The van der Waals surface area contributed by atoms with Crippen molar-refractivity contribution in [3.05, 3.63) is 34.2 Å². The molecule has 6 heteroatoms. The average molecular weight is 360 g/mol. The van der Waals surface area contributed by atoms with Crippen LogP contribution in [-0.2, 0) is 6.54 Å². The standard InChI is InChI=1S/C20H28N2O4/c1-5-7-9-21-19(23)16-13-22(10-8-6-2)20(24)15-12-18(26-4)17(25-3)11-14(15)16/h11-13H,5-10H2,1-4H3,(H,21,23). The molecule has 1 N–H and O–H groups in total. The number of pyridine rings is 1. The molecule has 1 aromatic heterocycles. The van der Waals surface area contributed by atoms with Crippen LogP contribution >= 0.6 is 0 Å². The van der Waals surface area contributed by atoms with Crippen molar-refractivity contribution in [2.75, 3.05) is 20.8 Å². The van der Waals surface area contributed by atoms with Gasteiger partial charge >= 0.3 is 0 Å².